The number of imidazole rings is 1. The van der Waals surface area contributed by atoms with Crippen LogP contribution in [0.3, 0.4) is 0 Å². The lowest BCUT2D eigenvalue weighted by Gasteiger charge is -2.12. The molecule has 154 valence electrons. The van der Waals surface area contributed by atoms with Gasteiger partial charge in [-0.3, -0.25) is 0 Å². The summed E-state index contributed by atoms with van der Waals surface area (Å²) in [5.74, 6) is 1.88. The third-order valence-electron chi connectivity index (χ3n) is 4.43. The summed E-state index contributed by atoms with van der Waals surface area (Å²) in [4.78, 5) is 9.01. The monoisotopic (exact) mass is 385 g/mol. The zero-order chi connectivity index (χ0) is 20.0. The molecular weight excluding hydrogens is 350 g/mol. The second-order valence-corrected chi connectivity index (χ2v) is 6.86. The summed E-state index contributed by atoms with van der Waals surface area (Å²) >= 11 is 0. The van der Waals surface area contributed by atoms with Gasteiger partial charge >= 0.3 is 0 Å². The third-order valence-corrected chi connectivity index (χ3v) is 4.43. The maximum Gasteiger partial charge on any atom is 0.191 e. The van der Waals surface area contributed by atoms with E-state index in [1.165, 1.54) is 17.5 Å². The van der Waals surface area contributed by atoms with Gasteiger partial charge in [-0.1, -0.05) is 37.6 Å². The Balaban J connectivity index is 1.82. The van der Waals surface area contributed by atoms with Gasteiger partial charge in [-0.05, 0) is 37.8 Å². The van der Waals surface area contributed by atoms with Crippen LogP contribution in [-0.4, -0.2) is 41.8 Å². The first kappa shape index (κ1) is 22.0. The molecule has 0 fully saturated rings. The van der Waals surface area contributed by atoms with E-state index in [9.17, 15) is 0 Å². The Labute approximate surface area is 169 Å². The fourth-order valence-electron chi connectivity index (χ4n) is 2.84. The number of guanidine groups is 1. The van der Waals surface area contributed by atoms with E-state index >= 15 is 0 Å². The van der Waals surface area contributed by atoms with Crippen LogP contribution in [0.25, 0.3) is 0 Å². The Kier molecular flexibility index (Phi) is 10.1. The first-order valence-corrected chi connectivity index (χ1v) is 10.4. The molecule has 2 aromatic rings. The molecule has 0 saturated carbocycles. The van der Waals surface area contributed by atoms with E-state index in [-0.39, 0.29) is 0 Å². The van der Waals surface area contributed by atoms with Crippen molar-refractivity contribution in [1.29, 1.82) is 0 Å². The number of benzene rings is 1. The van der Waals surface area contributed by atoms with Crippen molar-refractivity contribution in [2.45, 2.75) is 53.1 Å². The van der Waals surface area contributed by atoms with Crippen molar-refractivity contribution >= 4 is 5.96 Å². The normalized spacial score (nSPS) is 11.6. The molecule has 0 saturated heterocycles. The minimum absolute atomic E-state index is 0.652. The zero-order valence-electron chi connectivity index (χ0n) is 17.6. The summed E-state index contributed by atoms with van der Waals surface area (Å²) in [6.45, 7) is 11.1. The Morgan fingerprint density at radius 2 is 1.96 bits per heavy atom. The van der Waals surface area contributed by atoms with Crippen molar-refractivity contribution in [3.8, 4) is 0 Å². The van der Waals surface area contributed by atoms with Gasteiger partial charge in [-0.2, -0.15) is 0 Å². The molecule has 2 rings (SSSR count). The largest absolute Gasteiger partial charge is 0.381 e. The van der Waals surface area contributed by atoms with Crippen LogP contribution in [0.4, 0.5) is 0 Å². The quantitative estimate of drug-likeness (QED) is 0.333. The first-order chi connectivity index (χ1) is 13.7. The van der Waals surface area contributed by atoms with Crippen molar-refractivity contribution in [3.05, 3.63) is 53.6 Å². The van der Waals surface area contributed by atoms with E-state index in [0.717, 1.165) is 57.5 Å². The summed E-state index contributed by atoms with van der Waals surface area (Å²) in [7, 11) is 0. The van der Waals surface area contributed by atoms with Crippen molar-refractivity contribution < 1.29 is 4.74 Å². The van der Waals surface area contributed by atoms with Gasteiger partial charge in [0.2, 0.25) is 0 Å². The maximum atomic E-state index is 5.60. The lowest BCUT2D eigenvalue weighted by atomic mass is 10.1. The molecule has 0 aliphatic carbocycles. The Bertz CT molecular complexity index is 710. The minimum atomic E-state index is 0.652. The molecule has 1 aromatic carbocycles. The van der Waals surface area contributed by atoms with Crippen LogP contribution in [0.2, 0.25) is 0 Å². The number of rotatable bonds is 12. The number of hydrogen-bond acceptors (Lipinski definition) is 3. The number of nitrogens with zero attached hydrogens (tertiary/aromatic N) is 3. The van der Waals surface area contributed by atoms with Crippen molar-refractivity contribution in [2.75, 3.05) is 26.3 Å². The van der Waals surface area contributed by atoms with Crippen LogP contribution in [0.1, 0.15) is 50.1 Å². The second kappa shape index (κ2) is 12.9. The summed E-state index contributed by atoms with van der Waals surface area (Å²) < 4.78 is 7.75. The van der Waals surface area contributed by atoms with Gasteiger partial charge in [0.05, 0.1) is 6.54 Å². The standard InChI is InChI=1S/C22H35N5O/c1-4-6-14-28-15-8-11-25-22(23-5-2)26-17-20-9-7-10-21(16-20)18-27-13-12-24-19(27)3/h7,9-10,12-13,16H,4-6,8,11,14-15,17-18H2,1-3H3,(H2,23,25,26). The molecule has 6 nitrogen and oxygen atoms in total. The van der Waals surface area contributed by atoms with E-state index in [4.69, 9.17) is 9.73 Å². The number of aryl methyl sites for hydroxylation is 1. The van der Waals surface area contributed by atoms with Gasteiger partial charge in [-0.25, -0.2) is 9.98 Å². The number of hydrogen-bond donors (Lipinski definition) is 2. The fraction of sp³-hybridized carbons (Fsp3) is 0.545. The molecule has 0 unspecified atom stereocenters. The Morgan fingerprint density at radius 3 is 2.71 bits per heavy atom. The maximum absolute atomic E-state index is 5.60. The van der Waals surface area contributed by atoms with Gasteiger partial charge in [0.1, 0.15) is 5.82 Å². The number of aromatic nitrogens is 2. The van der Waals surface area contributed by atoms with Crippen molar-refractivity contribution in [1.82, 2.24) is 20.2 Å². The predicted molar refractivity (Wildman–Crippen MR) is 116 cm³/mol. The molecule has 0 amide bonds. The number of aliphatic imine (C=N–C) groups is 1. The van der Waals surface area contributed by atoms with Crippen molar-refractivity contribution in [2.24, 2.45) is 4.99 Å². The van der Waals surface area contributed by atoms with Crippen LogP contribution in [0.15, 0.2) is 41.7 Å². The summed E-state index contributed by atoms with van der Waals surface area (Å²) in [5, 5.41) is 6.69. The fourth-order valence-corrected chi connectivity index (χ4v) is 2.84. The molecule has 0 aliphatic heterocycles. The summed E-state index contributed by atoms with van der Waals surface area (Å²) in [6.07, 6.45) is 7.15. The summed E-state index contributed by atoms with van der Waals surface area (Å²) in [5.41, 5.74) is 2.46. The van der Waals surface area contributed by atoms with E-state index in [0.29, 0.717) is 6.54 Å². The molecule has 0 atom stereocenters. The highest BCUT2D eigenvalue weighted by Crippen LogP contribution is 2.09. The second-order valence-electron chi connectivity index (χ2n) is 6.86. The number of nitrogens with one attached hydrogen (secondary N) is 2. The highest BCUT2D eigenvalue weighted by Gasteiger charge is 2.02. The van der Waals surface area contributed by atoms with Gasteiger partial charge in [-0.15, -0.1) is 0 Å². The summed E-state index contributed by atoms with van der Waals surface area (Å²) in [6, 6.07) is 8.59. The van der Waals surface area contributed by atoms with E-state index in [1.54, 1.807) is 0 Å². The molecule has 1 aromatic heterocycles. The Hall–Kier alpha value is -2.34. The van der Waals surface area contributed by atoms with Crippen LogP contribution >= 0.6 is 0 Å². The minimum Gasteiger partial charge on any atom is -0.381 e. The highest BCUT2D eigenvalue weighted by atomic mass is 16.5. The molecule has 2 N–H and O–H groups in total. The molecule has 6 heteroatoms. The smallest absolute Gasteiger partial charge is 0.191 e. The van der Waals surface area contributed by atoms with Gasteiger partial charge in [0.15, 0.2) is 5.96 Å². The van der Waals surface area contributed by atoms with Gasteiger partial charge in [0, 0.05) is 45.2 Å². The molecular formula is C22H35N5O. The van der Waals surface area contributed by atoms with Crippen LogP contribution in [0, 0.1) is 6.92 Å². The molecule has 0 spiro atoms. The van der Waals surface area contributed by atoms with Gasteiger partial charge in [0.25, 0.3) is 0 Å². The van der Waals surface area contributed by atoms with E-state index in [2.05, 4.69) is 58.3 Å². The highest BCUT2D eigenvalue weighted by molar-refractivity contribution is 5.79. The third kappa shape index (κ3) is 8.13. The van der Waals surface area contributed by atoms with E-state index in [1.807, 2.05) is 19.3 Å². The molecule has 0 aliphatic rings. The van der Waals surface area contributed by atoms with Crippen molar-refractivity contribution in [3.63, 3.8) is 0 Å². The SMILES string of the molecule is CCCCOCCCNC(=NCc1cccc(Cn2ccnc2C)c1)NCC. The molecule has 28 heavy (non-hydrogen) atoms. The molecule has 1 heterocycles. The Morgan fingerprint density at radius 1 is 1.14 bits per heavy atom. The average molecular weight is 386 g/mol. The predicted octanol–water partition coefficient (Wildman–Crippen LogP) is 3.50. The molecule has 0 radical (unpaired) electrons. The van der Waals surface area contributed by atoms with Crippen LogP contribution in [0.5, 0.6) is 0 Å². The first-order valence-electron chi connectivity index (χ1n) is 10.4. The number of ether oxygens (including phenoxy) is 1. The molecule has 0 bridgehead atoms. The van der Waals surface area contributed by atoms with Crippen LogP contribution < -0.4 is 10.6 Å². The average Bonchev–Trinajstić information content (AvgIpc) is 3.10. The number of unbranched alkanes of at least 4 members (excludes halogenated alkanes) is 1. The lowest BCUT2D eigenvalue weighted by Crippen LogP contribution is -2.38. The van der Waals surface area contributed by atoms with Crippen LogP contribution in [-0.2, 0) is 17.8 Å². The van der Waals surface area contributed by atoms with E-state index < -0.39 is 0 Å². The van der Waals surface area contributed by atoms with Gasteiger partial charge < -0.3 is 19.9 Å². The topological polar surface area (TPSA) is 63.5 Å². The lowest BCUT2D eigenvalue weighted by molar-refractivity contribution is 0.129. The zero-order valence-corrected chi connectivity index (χ0v) is 17.6.